The second-order valence-electron chi connectivity index (χ2n) is 6.01. The summed E-state index contributed by atoms with van der Waals surface area (Å²) in [6, 6.07) is 36.3. The summed E-state index contributed by atoms with van der Waals surface area (Å²) < 4.78 is 1.11. The molecule has 0 heterocycles. The first kappa shape index (κ1) is 15.9. The van der Waals surface area contributed by atoms with Gasteiger partial charge >= 0.3 is 0 Å². The van der Waals surface area contributed by atoms with Crippen LogP contribution in [-0.2, 0) is 0 Å². The van der Waals surface area contributed by atoms with Gasteiger partial charge in [0.15, 0.2) is 0 Å². The number of hydrogen-bond acceptors (Lipinski definition) is 0. The van der Waals surface area contributed by atoms with E-state index in [0.717, 1.165) is 4.47 Å². The third-order valence-corrected chi connectivity index (χ3v) is 5.02. The Morgan fingerprint density at radius 2 is 0.840 bits per heavy atom. The van der Waals surface area contributed by atoms with Crippen molar-refractivity contribution in [1.82, 2.24) is 0 Å². The molecule has 4 aromatic carbocycles. The molecule has 0 saturated heterocycles. The molecule has 0 spiro atoms. The van der Waals surface area contributed by atoms with Crippen molar-refractivity contribution in [2.75, 3.05) is 0 Å². The van der Waals surface area contributed by atoms with Crippen LogP contribution in [0.5, 0.6) is 0 Å². The van der Waals surface area contributed by atoms with Crippen molar-refractivity contribution in [1.29, 1.82) is 0 Å². The van der Waals surface area contributed by atoms with Crippen LogP contribution in [0.15, 0.2) is 108 Å². The van der Waals surface area contributed by atoms with E-state index in [1.165, 1.54) is 33.4 Å². The van der Waals surface area contributed by atoms with E-state index in [4.69, 9.17) is 0 Å². The van der Waals surface area contributed by atoms with E-state index >= 15 is 0 Å². The fourth-order valence-corrected chi connectivity index (χ4v) is 3.59. The van der Waals surface area contributed by atoms with Gasteiger partial charge in [0.2, 0.25) is 0 Å². The Labute approximate surface area is 156 Å². The average Bonchev–Trinajstić information content (AvgIpc) is 2.69. The molecule has 0 saturated carbocycles. The lowest BCUT2D eigenvalue weighted by Crippen LogP contribution is -1.86. The first-order valence-electron chi connectivity index (χ1n) is 8.32. The van der Waals surface area contributed by atoms with Gasteiger partial charge in [-0.1, -0.05) is 94.8 Å². The molecule has 0 atom stereocenters. The summed E-state index contributed by atoms with van der Waals surface area (Å²) >= 11 is 3.69. The van der Waals surface area contributed by atoms with Crippen molar-refractivity contribution in [3.05, 3.63) is 108 Å². The summed E-state index contributed by atoms with van der Waals surface area (Å²) in [5.74, 6) is 0. The molecule has 0 unspecified atom stereocenters. The van der Waals surface area contributed by atoms with Gasteiger partial charge in [0.05, 0.1) is 0 Å². The zero-order valence-electron chi connectivity index (χ0n) is 13.7. The molecule has 0 amide bonds. The van der Waals surface area contributed by atoms with E-state index < -0.39 is 0 Å². The van der Waals surface area contributed by atoms with Crippen LogP contribution < -0.4 is 0 Å². The van der Waals surface area contributed by atoms with E-state index in [-0.39, 0.29) is 0 Å². The highest BCUT2D eigenvalue weighted by Crippen LogP contribution is 2.35. The Hall–Kier alpha value is -2.64. The summed E-state index contributed by atoms with van der Waals surface area (Å²) in [6.45, 7) is 0. The summed E-state index contributed by atoms with van der Waals surface area (Å²) in [5, 5.41) is 0. The Morgan fingerprint density at radius 1 is 0.400 bits per heavy atom. The van der Waals surface area contributed by atoms with E-state index in [0.29, 0.717) is 0 Å². The van der Waals surface area contributed by atoms with Gasteiger partial charge in [0, 0.05) is 4.47 Å². The lowest BCUT2D eigenvalue weighted by atomic mass is 9.93. The van der Waals surface area contributed by atoms with Crippen LogP contribution in [0, 0.1) is 0 Å². The first-order valence-corrected chi connectivity index (χ1v) is 9.11. The van der Waals surface area contributed by atoms with Crippen molar-refractivity contribution in [2.45, 2.75) is 0 Å². The second-order valence-corrected chi connectivity index (χ2v) is 6.87. The lowest BCUT2D eigenvalue weighted by Gasteiger charge is -2.12. The molecule has 0 N–H and O–H groups in total. The number of benzene rings is 4. The Balaban J connectivity index is 1.94. The van der Waals surface area contributed by atoms with Gasteiger partial charge in [-0.25, -0.2) is 0 Å². The summed E-state index contributed by atoms with van der Waals surface area (Å²) in [5.41, 5.74) is 7.34. The predicted molar refractivity (Wildman–Crippen MR) is 110 cm³/mol. The van der Waals surface area contributed by atoms with Crippen LogP contribution in [0.1, 0.15) is 0 Å². The molecular formula is C24H17Br. The first-order chi connectivity index (χ1) is 12.3. The van der Waals surface area contributed by atoms with Crippen LogP contribution in [0.2, 0.25) is 0 Å². The van der Waals surface area contributed by atoms with Crippen molar-refractivity contribution in [2.24, 2.45) is 0 Å². The maximum absolute atomic E-state index is 3.69. The average molecular weight is 385 g/mol. The molecule has 1 heteroatoms. The maximum atomic E-state index is 3.69. The van der Waals surface area contributed by atoms with E-state index in [1.807, 2.05) is 6.07 Å². The van der Waals surface area contributed by atoms with Crippen LogP contribution >= 0.6 is 15.9 Å². The molecule has 0 radical (unpaired) electrons. The smallest absolute Gasteiger partial charge is 0.0253 e. The molecule has 0 aliphatic carbocycles. The van der Waals surface area contributed by atoms with E-state index in [1.54, 1.807) is 0 Å². The normalized spacial score (nSPS) is 10.6. The summed E-state index contributed by atoms with van der Waals surface area (Å²) in [6.07, 6.45) is 0. The van der Waals surface area contributed by atoms with Crippen molar-refractivity contribution < 1.29 is 0 Å². The number of halogens is 1. The molecule has 0 bridgehead atoms. The van der Waals surface area contributed by atoms with Gasteiger partial charge in [-0.3, -0.25) is 0 Å². The molecular weight excluding hydrogens is 368 g/mol. The number of hydrogen-bond donors (Lipinski definition) is 0. The van der Waals surface area contributed by atoms with Gasteiger partial charge in [-0.15, -0.1) is 0 Å². The van der Waals surface area contributed by atoms with E-state index in [9.17, 15) is 0 Å². The van der Waals surface area contributed by atoms with Gasteiger partial charge in [0.1, 0.15) is 0 Å². The fourth-order valence-electron chi connectivity index (χ4n) is 3.07. The topological polar surface area (TPSA) is 0 Å². The molecule has 4 aromatic rings. The minimum Gasteiger partial charge on any atom is -0.0622 e. The summed E-state index contributed by atoms with van der Waals surface area (Å²) in [4.78, 5) is 0. The van der Waals surface area contributed by atoms with Crippen molar-refractivity contribution in [3.8, 4) is 33.4 Å². The van der Waals surface area contributed by atoms with Crippen molar-refractivity contribution in [3.63, 3.8) is 0 Å². The van der Waals surface area contributed by atoms with E-state index in [2.05, 4.69) is 113 Å². The second kappa shape index (κ2) is 7.08. The molecule has 0 fully saturated rings. The van der Waals surface area contributed by atoms with Crippen LogP contribution in [0.4, 0.5) is 0 Å². The lowest BCUT2D eigenvalue weighted by molar-refractivity contribution is 1.55. The fraction of sp³-hybridized carbons (Fsp3) is 0. The van der Waals surface area contributed by atoms with Crippen molar-refractivity contribution >= 4 is 15.9 Å². The van der Waals surface area contributed by atoms with Crippen LogP contribution in [0.25, 0.3) is 33.4 Å². The molecule has 4 rings (SSSR count). The van der Waals surface area contributed by atoms with Gasteiger partial charge in [-0.2, -0.15) is 0 Å². The highest BCUT2D eigenvalue weighted by molar-refractivity contribution is 9.10. The molecule has 0 nitrogen and oxygen atoms in total. The zero-order chi connectivity index (χ0) is 17.1. The Morgan fingerprint density at radius 3 is 1.36 bits per heavy atom. The Kier molecular flexibility index (Phi) is 4.49. The van der Waals surface area contributed by atoms with Crippen LogP contribution in [-0.4, -0.2) is 0 Å². The number of rotatable bonds is 3. The summed E-state index contributed by atoms with van der Waals surface area (Å²) in [7, 11) is 0. The molecule has 25 heavy (non-hydrogen) atoms. The van der Waals surface area contributed by atoms with Gasteiger partial charge < -0.3 is 0 Å². The maximum Gasteiger partial charge on any atom is 0.0253 e. The minimum atomic E-state index is 1.11. The molecule has 0 aliphatic heterocycles. The highest BCUT2D eigenvalue weighted by Gasteiger charge is 2.09. The van der Waals surface area contributed by atoms with Gasteiger partial charge in [-0.05, 0) is 57.6 Å². The Bertz CT molecular complexity index is 931. The minimum absolute atomic E-state index is 1.11. The largest absolute Gasteiger partial charge is 0.0622 e. The predicted octanol–water partition coefficient (Wildman–Crippen LogP) is 7.45. The monoisotopic (exact) mass is 384 g/mol. The highest BCUT2D eigenvalue weighted by atomic mass is 79.9. The van der Waals surface area contributed by atoms with Crippen LogP contribution in [0.3, 0.4) is 0 Å². The molecule has 0 aliphatic rings. The standard InChI is InChI=1S/C24H17Br/c25-24-14-8-7-13-23(24)22-16-20(18-9-3-1-4-10-18)15-21(17-22)19-11-5-2-6-12-19/h1-17H. The quantitative estimate of drug-likeness (QED) is 0.344. The zero-order valence-corrected chi connectivity index (χ0v) is 15.3. The third-order valence-electron chi connectivity index (χ3n) is 4.33. The van der Waals surface area contributed by atoms with Gasteiger partial charge in [0.25, 0.3) is 0 Å². The SMILES string of the molecule is Brc1ccccc1-c1cc(-c2ccccc2)cc(-c2ccccc2)c1. The molecule has 120 valence electrons. The third kappa shape index (κ3) is 3.42. The molecule has 0 aromatic heterocycles.